The van der Waals surface area contributed by atoms with Crippen LogP contribution in [0.2, 0.25) is 0 Å². The Labute approximate surface area is 72.6 Å². The van der Waals surface area contributed by atoms with E-state index in [0.717, 1.165) is 19.6 Å². The van der Waals surface area contributed by atoms with E-state index >= 15 is 0 Å². The standard InChI is InChI=1S/C10H13NO/c1-10(4-6-12-8-10)9-3-2-5-11-7-9/h2-3,5,7H,4,6,8H2,1H3. The third-order valence-corrected chi connectivity index (χ3v) is 2.58. The Hall–Kier alpha value is -0.890. The van der Waals surface area contributed by atoms with E-state index in [-0.39, 0.29) is 5.41 Å². The lowest BCUT2D eigenvalue weighted by Crippen LogP contribution is -2.21. The Morgan fingerprint density at radius 2 is 2.50 bits per heavy atom. The van der Waals surface area contributed by atoms with Crippen molar-refractivity contribution in [1.82, 2.24) is 4.98 Å². The number of ether oxygens (including phenoxy) is 1. The number of pyridine rings is 1. The lowest BCUT2D eigenvalue weighted by molar-refractivity contribution is 0.180. The fraction of sp³-hybridized carbons (Fsp3) is 0.500. The van der Waals surface area contributed by atoms with Gasteiger partial charge in [-0.05, 0) is 18.1 Å². The molecule has 1 fully saturated rings. The quantitative estimate of drug-likeness (QED) is 0.629. The van der Waals surface area contributed by atoms with Crippen molar-refractivity contribution >= 4 is 0 Å². The van der Waals surface area contributed by atoms with Crippen LogP contribution in [0.25, 0.3) is 0 Å². The first-order valence-electron chi connectivity index (χ1n) is 4.29. The van der Waals surface area contributed by atoms with E-state index in [4.69, 9.17) is 4.74 Å². The van der Waals surface area contributed by atoms with Gasteiger partial charge in [0.25, 0.3) is 0 Å². The number of rotatable bonds is 1. The van der Waals surface area contributed by atoms with E-state index in [1.807, 2.05) is 18.5 Å². The SMILES string of the molecule is CC1(c2cccnc2)CCOC1. The van der Waals surface area contributed by atoms with Crippen LogP contribution in [0.4, 0.5) is 0 Å². The van der Waals surface area contributed by atoms with Crippen LogP contribution in [-0.4, -0.2) is 18.2 Å². The molecule has 0 radical (unpaired) electrons. The second-order valence-electron chi connectivity index (χ2n) is 3.60. The smallest absolute Gasteiger partial charge is 0.0561 e. The summed E-state index contributed by atoms with van der Waals surface area (Å²) in [5.41, 5.74) is 1.50. The van der Waals surface area contributed by atoms with Gasteiger partial charge in [0.1, 0.15) is 0 Å². The third kappa shape index (κ3) is 1.23. The number of hydrogen-bond acceptors (Lipinski definition) is 2. The van der Waals surface area contributed by atoms with Crippen LogP contribution in [0, 0.1) is 0 Å². The number of hydrogen-bond donors (Lipinski definition) is 0. The number of aromatic nitrogens is 1. The Bertz CT molecular complexity index is 252. The van der Waals surface area contributed by atoms with Gasteiger partial charge in [-0.1, -0.05) is 13.0 Å². The monoisotopic (exact) mass is 163 g/mol. The third-order valence-electron chi connectivity index (χ3n) is 2.58. The maximum atomic E-state index is 5.39. The van der Waals surface area contributed by atoms with E-state index in [9.17, 15) is 0 Å². The van der Waals surface area contributed by atoms with Gasteiger partial charge in [0, 0.05) is 24.4 Å². The van der Waals surface area contributed by atoms with Crippen molar-refractivity contribution in [1.29, 1.82) is 0 Å². The Morgan fingerprint density at radius 1 is 1.58 bits per heavy atom. The highest BCUT2D eigenvalue weighted by Crippen LogP contribution is 2.31. The van der Waals surface area contributed by atoms with Gasteiger partial charge >= 0.3 is 0 Å². The van der Waals surface area contributed by atoms with Crippen molar-refractivity contribution in [2.75, 3.05) is 13.2 Å². The molecule has 0 N–H and O–H groups in total. The summed E-state index contributed by atoms with van der Waals surface area (Å²) in [7, 11) is 0. The van der Waals surface area contributed by atoms with Crippen LogP contribution < -0.4 is 0 Å². The molecule has 0 amide bonds. The predicted molar refractivity (Wildman–Crippen MR) is 47.0 cm³/mol. The molecule has 0 spiro atoms. The normalized spacial score (nSPS) is 29.1. The molecule has 0 aliphatic carbocycles. The zero-order chi connectivity index (χ0) is 8.44. The minimum absolute atomic E-state index is 0.203. The van der Waals surface area contributed by atoms with E-state index < -0.39 is 0 Å². The van der Waals surface area contributed by atoms with Gasteiger partial charge in [0.15, 0.2) is 0 Å². The van der Waals surface area contributed by atoms with Gasteiger partial charge in [0.05, 0.1) is 6.61 Å². The van der Waals surface area contributed by atoms with Crippen molar-refractivity contribution in [2.45, 2.75) is 18.8 Å². The van der Waals surface area contributed by atoms with Crippen LogP contribution in [0.1, 0.15) is 18.9 Å². The second-order valence-corrected chi connectivity index (χ2v) is 3.60. The molecule has 1 aliphatic heterocycles. The first-order chi connectivity index (χ1) is 5.81. The maximum Gasteiger partial charge on any atom is 0.0561 e. The highest BCUT2D eigenvalue weighted by atomic mass is 16.5. The fourth-order valence-electron chi connectivity index (χ4n) is 1.61. The molecule has 2 nitrogen and oxygen atoms in total. The van der Waals surface area contributed by atoms with Gasteiger partial charge in [-0.2, -0.15) is 0 Å². The molecule has 1 aromatic rings. The topological polar surface area (TPSA) is 22.1 Å². The van der Waals surface area contributed by atoms with Gasteiger partial charge in [-0.15, -0.1) is 0 Å². The Morgan fingerprint density at radius 3 is 3.08 bits per heavy atom. The molecule has 1 unspecified atom stereocenters. The highest BCUT2D eigenvalue weighted by Gasteiger charge is 2.31. The molecule has 1 aliphatic rings. The van der Waals surface area contributed by atoms with E-state index in [2.05, 4.69) is 18.0 Å². The molecule has 1 aromatic heterocycles. The molecule has 2 rings (SSSR count). The maximum absolute atomic E-state index is 5.39. The summed E-state index contributed by atoms with van der Waals surface area (Å²) >= 11 is 0. The van der Waals surface area contributed by atoms with E-state index in [1.54, 1.807) is 0 Å². The van der Waals surface area contributed by atoms with Gasteiger partial charge in [-0.3, -0.25) is 4.98 Å². The average Bonchev–Trinajstić information content (AvgIpc) is 2.55. The van der Waals surface area contributed by atoms with Crippen molar-refractivity contribution in [3.8, 4) is 0 Å². The molecular formula is C10H13NO. The molecule has 1 saturated heterocycles. The first-order valence-corrected chi connectivity index (χ1v) is 4.29. The summed E-state index contributed by atoms with van der Waals surface area (Å²) in [4.78, 5) is 4.12. The number of nitrogens with zero attached hydrogens (tertiary/aromatic N) is 1. The summed E-state index contributed by atoms with van der Waals surface area (Å²) in [5, 5.41) is 0. The van der Waals surface area contributed by atoms with Crippen LogP contribution in [0.15, 0.2) is 24.5 Å². The highest BCUT2D eigenvalue weighted by molar-refractivity contribution is 5.21. The molecule has 1 atom stereocenters. The lowest BCUT2D eigenvalue weighted by Gasteiger charge is -2.21. The van der Waals surface area contributed by atoms with Gasteiger partial charge in [0.2, 0.25) is 0 Å². The summed E-state index contributed by atoms with van der Waals surface area (Å²) in [5.74, 6) is 0. The minimum Gasteiger partial charge on any atom is -0.380 e. The Balaban J connectivity index is 2.29. The molecule has 64 valence electrons. The zero-order valence-corrected chi connectivity index (χ0v) is 7.29. The van der Waals surface area contributed by atoms with Crippen molar-refractivity contribution < 1.29 is 4.74 Å². The van der Waals surface area contributed by atoms with Crippen molar-refractivity contribution in [3.05, 3.63) is 30.1 Å². The zero-order valence-electron chi connectivity index (χ0n) is 7.29. The molecule has 12 heavy (non-hydrogen) atoms. The molecule has 0 bridgehead atoms. The summed E-state index contributed by atoms with van der Waals surface area (Å²) in [6, 6.07) is 4.11. The second kappa shape index (κ2) is 2.87. The Kier molecular flexibility index (Phi) is 1.85. The fourth-order valence-corrected chi connectivity index (χ4v) is 1.61. The van der Waals surface area contributed by atoms with E-state index in [1.165, 1.54) is 5.56 Å². The summed E-state index contributed by atoms with van der Waals surface area (Å²) in [6.45, 7) is 3.95. The van der Waals surface area contributed by atoms with Crippen LogP contribution >= 0.6 is 0 Å². The molecule has 0 saturated carbocycles. The predicted octanol–water partition coefficient (Wildman–Crippen LogP) is 1.76. The van der Waals surface area contributed by atoms with Crippen LogP contribution in [0.5, 0.6) is 0 Å². The van der Waals surface area contributed by atoms with Crippen molar-refractivity contribution in [3.63, 3.8) is 0 Å². The van der Waals surface area contributed by atoms with Crippen LogP contribution in [-0.2, 0) is 10.2 Å². The molecular weight excluding hydrogens is 150 g/mol. The summed E-state index contributed by atoms with van der Waals surface area (Å²) < 4.78 is 5.39. The minimum atomic E-state index is 0.203. The average molecular weight is 163 g/mol. The van der Waals surface area contributed by atoms with Crippen molar-refractivity contribution in [2.24, 2.45) is 0 Å². The molecule has 0 aromatic carbocycles. The van der Waals surface area contributed by atoms with Gasteiger partial charge < -0.3 is 4.74 Å². The van der Waals surface area contributed by atoms with E-state index in [0.29, 0.717) is 0 Å². The lowest BCUT2D eigenvalue weighted by atomic mass is 9.83. The van der Waals surface area contributed by atoms with Gasteiger partial charge in [-0.25, -0.2) is 0 Å². The largest absolute Gasteiger partial charge is 0.380 e. The first kappa shape index (κ1) is 7.74. The summed E-state index contributed by atoms with van der Waals surface area (Å²) in [6.07, 6.45) is 4.86. The van der Waals surface area contributed by atoms with Crippen LogP contribution in [0.3, 0.4) is 0 Å². The molecule has 2 heteroatoms. The molecule has 2 heterocycles.